The maximum atomic E-state index is 12.6. The van der Waals surface area contributed by atoms with Gasteiger partial charge in [0.1, 0.15) is 11.5 Å². The minimum absolute atomic E-state index is 0.190. The van der Waals surface area contributed by atoms with Crippen LogP contribution in [0.3, 0.4) is 0 Å². The van der Waals surface area contributed by atoms with Crippen molar-refractivity contribution in [2.45, 2.75) is 6.92 Å². The van der Waals surface area contributed by atoms with E-state index < -0.39 is 0 Å². The highest BCUT2D eigenvalue weighted by molar-refractivity contribution is 5.96. The van der Waals surface area contributed by atoms with Crippen molar-refractivity contribution in [2.24, 2.45) is 7.05 Å². The number of methoxy groups -OCH3 is 1. The van der Waals surface area contributed by atoms with E-state index in [9.17, 15) is 9.59 Å². The number of amides is 1. The number of pyridine rings is 1. The second-order valence-corrected chi connectivity index (χ2v) is 6.34. The van der Waals surface area contributed by atoms with E-state index in [4.69, 9.17) is 9.47 Å². The van der Waals surface area contributed by atoms with E-state index in [1.54, 1.807) is 25.8 Å². The van der Waals surface area contributed by atoms with Gasteiger partial charge in [0, 0.05) is 25.5 Å². The first kappa shape index (κ1) is 18.5. The molecule has 0 bridgehead atoms. The van der Waals surface area contributed by atoms with Crippen LogP contribution in [0.4, 0.5) is 5.69 Å². The summed E-state index contributed by atoms with van der Waals surface area (Å²) in [5.41, 5.74) is 2.25. The number of carbonyl (C=O) groups excluding carboxylic acids is 1. The normalized spacial score (nSPS) is 10.7. The standard InChI is InChI=1S/C21H22N2O4/c1-14-9-10-18(26-4)17(11-14)23(3)21(25)13-27-19-12-20(24)22(2)16-8-6-5-7-15(16)19/h5-12H,13H2,1-4H3. The molecule has 0 N–H and O–H groups in total. The molecule has 0 saturated carbocycles. The van der Waals surface area contributed by atoms with Crippen molar-refractivity contribution in [2.75, 3.05) is 25.7 Å². The average molecular weight is 366 g/mol. The number of ether oxygens (including phenoxy) is 2. The highest BCUT2D eigenvalue weighted by Crippen LogP contribution is 2.29. The fourth-order valence-electron chi connectivity index (χ4n) is 2.93. The third kappa shape index (κ3) is 3.65. The van der Waals surface area contributed by atoms with E-state index in [1.165, 1.54) is 11.0 Å². The van der Waals surface area contributed by atoms with Crippen LogP contribution >= 0.6 is 0 Å². The van der Waals surface area contributed by atoms with Gasteiger partial charge in [0.15, 0.2) is 6.61 Å². The molecule has 3 rings (SSSR count). The molecule has 6 heteroatoms. The number of aryl methyl sites for hydroxylation is 2. The Morgan fingerprint density at radius 1 is 1.11 bits per heavy atom. The van der Waals surface area contributed by atoms with Crippen LogP contribution in [-0.2, 0) is 11.8 Å². The molecular formula is C21H22N2O4. The zero-order valence-electron chi connectivity index (χ0n) is 15.9. The van der Waals surface area contributed by atoms with Gasteiger partial charge in [0.25, 0.3) is 11.5 Å². The lowest BCUT2D eigenvalue weighted by Crippen LogP contribution is -2.32. The van der Waals surface area contributed by atoms with Gasteiger partial charge < -0.3 is 18.9 Å². The summed E-state index contributed by atoms with van der Waals surface area (Å²) in [6, 6.07) is 14.5. The number of aromatic nitrogens is 1. The first-order valence-electron chi connectivity index (χ1n) is 8.55. The molecule has 27 heavy (non-hydrogen) atoms. The second-order valence-electron chi connectivity index (χ2n) is 6.34. The van der Waals surface area contributed by atoms with Crippen LogP contribution in [0.15, 0.2) is 53.3 Å². The Kier molecular flexibility index (Phi) is 5.16. The van der Waals surface area contributed by atoms with E-state index >= 15 is 0 Å². The summed E-state index contributed by atoms with van der Waals surface area (Å²) in [5, 5.41) is 0.781. The number of carbonyl (C=O) groups is 1. The summed E-state index contributed by atoms with van der Waals surface area (Å²) in [5.74, 6) is 0.755. The minimum Gasteiger partial charge on any atom is -0.495 e. The Balaban J connectivity index is 1.84. The average Bonchev–Trinajstić information content (AvgIpc) is 2.68. The van der Waals surface area contributed by atoms with Crippen LogP contribution in [0.2, 0.25) is 0 Å². The van der Waals surface area contributed by atoms with E-state index in [1.807, 2.05) is 49.4 Å². The van der Waals surface area contributed by atoms with Crippen molar-refractivity contribution in [3.05, 3.63) is 64.4 Å². The van der Waals surface area contributed by atoms with Gasteiger partial charge in [-0.1, -0.05) is 18.2 Å². The molecule has 3 aromatic rings. The fraction of sp³-hybridized carbons (Fsp3) is 0.238. The zero-order chi connectivity index (χ0) is 19.6. The number of anilines is 1. The molecule has 0 fully saturated rings. The maximum absolute atomic E-state index is 12.6. The number of rotatable bonds is 5. The number of nitrogens with zero attached hydrogens (tertiary/aromatic N) is 2. The molecule has 0 atom stereocenters. The third-order valence-corrected chi connectivity index (χ3v) is 4.54. The van der Waals surface area contributed by atoms with Crippen LogP contribution in [0.5, 0.6) is 11.5 Å². The molecule has 0 aliphatic carbocycles. The smallest absolute Gasteiger partial charge is 0.264 e. The van der Waals surface area contributed by atoms with Gasteiger partial charge in [0.05, 0.1) is 18.3 Å². The lowest BCUT2D eigenvalue weighted by molar-refractivity contribution is -0.120. The molecule has 0 aliphatic heterocycles. The molecule has 2 aromatic carbocycles. The second kappa shape index (κ2) is 7.53. The van der Waals surface area contributed by atoms with E-state index in [0.29, 0.717) is 17.2 Å². The molecule has 140 valence electrons. The molecule has 0 aliphatic rings. The number of hydrogen-bond donors (Lipinski definition) is 0. The predicted octanol–water partition coefficient (Wildman–Crippen LogP) is 2.90. The molecule has 0 unspecified atom stereocenters. The first-order valence-corrected chi connectivity index (χ1v) is 8.55. The molecule has 1 heterocycles. The molecule has 1 aromatic heterocycles. The third-order valence-electron chi connectivity index (χ3n) is 4.54. The van der Waals surface area contributed by atoms with Crippen molar-refractivity contribution in [1.29, 1.82) is 0 Å². The monoisotopic (exact) mass is 366 g/mol. The Hall–Kier alpha value is -3.28. The maximum Gasteiger partial charge on any atom is 0.264 e. The Labute approximate surface area is 157 Å². The van der Waals surface area contributed by atoms with E-state index in [-0.39, 0.29) is 18.1 Å². The van der Waals surface area contributed by atoms with Crippen LogP contribution in [0, 0.1) is 6.92 Å². The van der Waals surface area contributed by atoms with E-state index in [2.05, 4.69) is 0 Å². The number of fused-ring (bicyclic) bond motifs is 1. The highest BCUT2D eigenvalue weighted by atomic mass is 16.5. The summed E-state index contributed by atoms with van der Waals surface area (Å²) in [6.07, 6.45) is 0. The van der Waals surface area contributed by atoms with Gasteiger partial charge in [-0.2, -0.15) is 0 Å². The highest BCUT2D eigenvalue weighted by Gasteiger charge is 2.17. The lowest BCUT2D eigenvalue weighted by Gasteiger charge is -2.21. The van der Waals surface area contributed by atoms with Crippen LogP contribution in [-0.4, -0.2) is 31.2 Å². The Bertz CT molecular complexity index is 1060. The van der Waals surface area contributed by atoms with Crippen molar-refractivity contribution >= 4 is 22.5 Å². The number of hydrogen-bond acceptors (Lipinski definition) is 4. The van der Waals surface area contributed by atoms with Crippen molar-refractivity contribution in [3.63, 3.8) is 0 Å². The molecule has 0 spiro atoms. The summed E-state index contributed by atoms with van der Waals surface area (Å²) in [7, 11) is 4.94. The van der Waals surface area contributed by atoms with E-state index in [0.717, 1.165) is 16.5 Å². The number of benzene rings is 2. The summed E-state index contributed by atoms with van der Waals surface area (Å²) >= 11 is 0. The lowest BCUT2D eigenvalue weighted by atomic mass is 10.2. The molecule has 6 nitrogen and oxygen atoms in total. The summed E-state index contributed by atoms with van der Waals surface area (Å²) < 4.78 is 12.6. The Morgan fingerprint density at radius 2 is 1.85 bits per heavy atom. The molecule has 0 saturated heterocycles. The van der Waals surface area contributed by atoms with Crippen LogP contribution in [0.25, 0.3) is 10.9 Å². The van der Waals surface area contributed by atoms with Crippen molar-refractivity contribution in [3.8, 4) is 11.5 Å². The minimum atomic E-state index is -0.247. The summed E-state index contributed by atoms with van der Waals surface area (Å²) in [6.45, 7) is 1.76. The topological polar surface area (TPSA) is 60.8 Å². The van der Waals surface area contributed by atoms with Crippen molar-refractivity contribution < 1.29 is 14.3 Å². The van der Waals surface area contributed by atoms with Gasteiger partial charge in [-0.25, -0.2) is 0 Å². The van der Waals surface area contributed by atoms with Gasteiger partial charge in [-0.05, 0) is 36.8 Å². The van der Waals surface area contributed by atoms with Crippen molar-refractivity contribution in [1.82, 2.24) is 4.57 Å². The molecular weight excluding hydrogens is 344 g/mol. The van der Waals surface area contributed by atoms with Gasteiger partial charge >= 0.3 is 0 Å². The van der Waals surface area contributed by atoms with Gasteiger partial charge in [-0.15, -0.1) is 0 Å². The molecule has 1 amide bonds. The number of likely N-dealkylation sites (N-methyl/N-ethyl adjacent to an activating group) is 1. The summed E-state index contributed by atoms with van der Waals surface area (Å²) in [4.78, 5) is 26.3. The molecule has 0 radical (unpaired) electrons. The first-order chi connectivity index (χ1) is 12.9. The van der Waals surface area contributed by atoms with Gasteiger partial charge in [0.2, 0.25) is 0 Å². The Morgan fingerprint density at radius 3 is 2.59 bits per heavy atom. The number of para-hydroxylation sites is 1. The SMILES string of the molecule is COc1ccc(C)cc1N(C)C(=O)COc1cc(=O)n(C)c2ccccc12. The predicted molar refractivity (Wildman–Crippen MR) is 106 cm³/mol. The zero-order valence-corrected chi connectivity index (χ0v) is 15.9. The quantitative estimate of drug-likeness (QED) is 0.697. The van der Waals surface area contributed by atoms with Crippen LogP contribution < -0.4 is 19.9 Å². The van der Waals surface area contributed by atoms with Crippen LogP contribution in [0.1, 0.15) is 5.56 Å². The van der Waals surface area contributed by atoms with Gasteiger partial charge in [-0.3, -0.25) is 9.59 Å². The largest absolute Gasteiger partial charge is 0.495 e. The fourth-order valence-corrected chi connectivity index (χ4v) is 2.93.